The zero-order valence-corrected chi connectivity index (χ0v) is 15.6. The van der Waals surface area contributed by atoms with Gasteiger partial charge in [-0.1, -0.05) is 48.5 Å². The highest BCUT2D eigenvalue weighted by atomic mass is 16.4. The summed E-state index contributed by atoms with van der Waals surface area (Å²) >= 11 is 0. The van der Waals surface area contributed by atoms with Crippen LogP contribution in [0.3, 0.4) is 0 Å². The fraction of sp³-hybridized carbons (Fsp3) is 0.824. The number of carboxylic acid groups (broad SMARTS) is 1. The molecule has 23 heavy (non-hydrogen) atoms. The topological polar surface area (TPSA) is 109 Å². The third-order valence-corrected chi connectivity index (χ3v) is 5.19. The van der Waals surface area contributed by atoms with Crippen LogP contribution in [-0.2, 0) is 4.79 Å². The normalized spacial score (nSPS) is 13.6. The maximum atomic E-state index is 10.5. The Bertz CT molecular complexity index is 442. The molecule has 0 amide bonds. The Morgan fingerprint density at radius 1 is 1.00 bits per heavy atom. The highest BCUT2D eigenvalue weighted by molar-refractivity contribution is 5.86. The molecule has 0 aliphatic rings. The third-order valence-electron chi connectivity index (χ3n) is 5.19. The number of hydrogen-bond donors (Lipinski definition) is 5. The number of rotatable bonds is 9. The van der Waals surface area contributed by atoms with E-state index in [1.54, 1.807) is 0 Å². The van der Waals surface area contributed by atoms with E-state index in [2.05, 4.69) is 38.3 Å². The van der Waals surface area contributed by atoms with E-state index in [-0.39, 0.29) is 24.3 Å². The molecule has 5 N–H and O–H groups in total. The van der Waals surface area contributed by atoms with Gasteiger partial charge in [-0.15, -0.1) is 0 Å². The molecule has 0 aromatic carbocycles. The Balaban J connectivity index is 4.58. The molecule has 0 saturated carbocycles. The average molecular weight is 326 g/mol. The molecule has 6 nitrogen and oxygen atoms in total. The predicted octanol–water partition coefficient (Wildman–Crippen LogP) is 2.94. The van der Waals surface area contributed by atoms with Crippen LogP contribution >= 0.6 is 0 Å². The summed E-state index contributed by atoms with van der Waals surface area (Å²) in [6.07, 6.45) is -0.00167. The minimum Gasteiger partial charge on any atom is -0.481 e. The van der Waals surface area contributed by atoms with Crippen molar-refractivity contribution in [2.45, 2.75) is 54.9 Å². The highest BCUT2D eigenvalue weighted by Crippen LogP contribution is 2.29. The van der Waals surface area contributed by atoms with Crippen molar-refractivity contribution >= 4 is 17.6 Å². The van der Waals surface area contributed by atoms with Gasteiger partial charge in [0.1, 0.15) is 0 Å². The molecule has 0 fully saturated rings. The molecule has 0 saturated heterocycles. The molecule has 1 atom stereocenters. The molecule has 0 radical (unpaired) electrons. The standard InChI is InChI=1S/C17H34N4O2/c1-11(2)16(4,5)14(18)21-10-12(3)17(6,7)15(19)20-9-8-13(22)23/h11-12H,8-10H2,1-7H3,(H2,18,21)(H2,19,20)(H,22,23). The largest absolute Gasteiger partial charge is 0.481 e. The van der Waals surface area contributed by atoms with E-state index in [0.717, 1.165) is 0 Å². The van der Waals surface area contributed by atoms with E-state index in [4.69, 9.17) is 15.9 Å². The van der Waals surface area contributed by atoms with Gasteiger partial charge in [0, 0.05) is 23.9 Å². The predicted molar refractivity (Wildman–Crippen MR) is 95.3 cm³/mol. The molecule has 0 aliphatic carbocycles. The first-order chi connectivity index (χ1) is 10.3. The van der Waals surface area contributed by atoms with Crippen molar-refractivity contribution < 1.29 is 9.90 Å². The molecule has 0 bridgehead atoms. The highest BCUT2D eigenvalue weighted by Gasteiger charge is 2.33. The quantitative estimate of drug-likeness (QED) is 0.331. The second-order valence-electron chi connectivity index (χ2n) is 7.70. The second kappa shape index (κ2) is 8.31. The zero-order chi connectivity index (χ0) is 18.4. The molecule has 0 spiro atoms. The third kappa shape index (κ3) is 6.20. The number of carbonyl (C=O) groups is 1. The molecule has 0 rings (SSSR count). The Morgan fingerprint density at radius 2 is 1.48 bits per heavy atom. The van der Waals surface area contributed by atoms with E-state index in [1.165, 1.54) is 0 Å². The monoisotopic (exact) mass is 326 g/mol. The summed E-state index contributed by atoms with van der Waals surface area (Å²) in [7, 11) is 0. The minimum absolute atomic E-state index is 0.00167. The minimum atomic E-state index is -0.873. The summed E-state index contributed by atoms with van der Waals surface area (Å²) in [5.74, 6) is 0.461. The smallest absolute Gasteiger partial charge is 0.305 e. The number of nitrogens with one attached hydrogen (secondary N) is 4. The maximum absolute atomic E-state index is 10.5. The fourth-order valence-corrected chi connectivity index (χ4v) is 1.80. The fourth-order valence-electron chi connectivity index (χ4n) is 1.80. The summed E-state index contributed by atoms with van der Waals surface area (Å²) in [6.45, 7) is 15.1. The van der Waals surface area contributed by atoms with Gasteiger partial charge >= 0.3 is 5.97 Å². The van der Waals surface area contributed by atoms with Crippen LogP contribution < -0.4 is 10.6 Å². The molecule has 0 heterocycles. The molecule has 134 valence electrons. The Morgan fingerprint density at radius 3 is 1.91 bits per heavy atom. The van der Waals surface area contributed by atoms with Crippen LogP contribution in [0.25, 0.3) is 0 Å². The molecule has 0 aliphatic heterocycles. The average Bonchev–Trinajstić information content (AvgIpc) is 2.43. The Kier molecular flexibility index (Phi) is 7.74. The van der Waals surface area contributed by atoms with Gasteiger partial charge in [0.05, 0.1) is 18.1 Å². The zero-order valence-electron chi connectivity index (χ0n) is 15.6. The Labute approximate surface area is 140 Å². The lowest BCUT2D eigenvalue weighted by molar-refractivity contribution is -0.136. The maximum Gasteiger partial charge on any atom is 0.305 e. The van der Waals surface area contributed by atoms with Crippen molar-refractivity contribution in [2.75, 3.05) is 13.1 Å². The lowest BCUT2D eigenvalue weighted by Gasteiger charge is -2.35. The van der Waals surface area contributed by atoms with E-state index < -0.39 is 11.4 Å². The SMILES string of the molecule is CC(C)C(C)(C)C(=N)NCC(C)C(C)(C)C(=N)NCCC(=O)O. The molecule has 0 aromatic heterocycles. The molecular weight excluding hydrogens is 292 g/mol. The number of carboxylic acids is 1. The van der Waals surface area contributed by atoms with Crippen LogP contribution in [0.15, 0.2) is 0 Å². The summed E-state index contributed by atoms with van der Waals surface area (Å²) in [5.41, 5.74) is -0.634. The first-order valence-corrected chi connectivity index (χ1v) is 8.21. The molecule has 6 heteroatoms. The van der Waals surface area contributed by atoms with Crippen LogP contribution in [0.4, 0.5) is 0 Å². The summed E-state index contributed by atoms with van der Waals surface area (Å²) < 4.78 is 0. The van der Waals surface area contributed by atoms with Crippen LogP contribution in [0.2, 0.25) is 0 Å². The van der Waals surface area contributed by atoms with Gasteiger partial charge in [-0.2, -0.15) is 0 Å². The van der Waals surface area contributed by atoms with Gasteiger partial charge in [-0.05, 0) is 11.8 Å². The number of amidine groups is 2. The van der Waals surface area contributed by atoms with Crippen molar-refractivity contribution in [3.05, 3.63) is 0 Å². The van der Waals surface area contributed by atoms with Crippen molar-refractivity contribution in [2.24, 2.45) is 22.7 Å². The van der Waals surface area contributed by atoms with Gasteiger partial charge in [0.2, 0.25) is 0 Å². The van der Waals surface area contributed by atoms with E-state index in [0.29, 0.717) is 24.1 Å². The van der Waals surface area contributed by atoms with Crippen LogP contribution in [0, 0.1) is 33.5 Å². The van der Waals surface area contributed by atoms with Crippen LogP contribution in [-0.4, -0.2) is 35.8 Å². The second-order valence-corrected chi connectivity index (χ2v) is 7.70. The lowest BCUT2D eigenvalue weighted by Crippen LogP contribution is -2.47. The van der Waals surface area contributed by atoms with Crippen molar-refractivity contribution in [1.29, 1.82) is 10.8 Å². The van der Waals surface area contributed by atoms with E-state index in [9.17, 15) is 4.79 Å². The summed E-state index contributed by atoms with van der Waals surface area (Å²) in [6, 6.07) is 0. The first-order valence-electron chi connectivity index (χ1n) is 8.21. The van der Waals surface area contributed by atoms with Gasteiger partial charge in [0.25, 0.3) is 0 Å². The lowest BCUT2D eigenvalue weighted by atomic mass is 9.77. The number of aliphatic carboxylic acids is 1. The molecule has 0 aromatic rings. The van der Waals surface area contributed by atoms with Crippen LogP contribution in [0.1, 0.15) is 54.9 Å². The first kappa shape index (κ1) is 21.4. The number of hydrogen-bond acceptors (Lipinski definition) is 3. The van der Waals surface area contributed by atoms with Crippen molar-refractivity contribution in [1.82, 2.24) is 10.6 Å². The Hall–Kier alpha value is -1.59. The van der Waals surface area contributed by atoms with Gasteiger partial charge in [0.15, 0.2) is 0 Å². The van der Waals surface area contributed by atoms with Crippen molar-refractivity contribution in [3.8, 4) is 0 Å². The van der Waals surface area contributed by atoms with Crippen LogP contribution in [0.5, 0.6) is 0 Å². The van der Waals surface area contributed by atoms with Crippen molar-refractivity contribution in [3.63, 3.8) is 0 Å². The molecular formula is C17H34N4O2. The van der Waals surface area contributed by atoms with E-state index >= 15 is 0 Å². The summed E-state index contributed by atoms with van der Waals surface area (Å²) in [4.78, 5) is 10.5. The van der Waals surface area contributed by atoms with Gasteiger partial charge in [-0.3, -0.25) is 15.6 Å². The molecule has 1 unspecified atom stereocenters. The van der Waals surface area contributed by atoms with Gasteiger partial charge in [-0.25, -0.2) is 0 Å². The van der Waals surface area contributed by atoms with E-state index in [1.807, 2.05) is 20.8 Å². The summed E-state index contributed by atoms with van der Waals surface area (Å²) in [5, 5.41) is 31.2. The van der Waals surface area contributed by atoms with Gasteiger partial charge < -0.3 is 15.7 Å².